The number of nitrogens with one attached hydrogen (secondary N) is 1. The topological polar surface area (TPSA) is 62.2 Å². The lowest BCUT2D eigenvalue weighted by molar-refractivity contribution is 0.0692. The number of aromatic nitrogens is 1. The van der Waals surface area contributed by atoms with Crippen molar-refractivity contribution in [2.24, 2.45) is 0 Å². The molecule has 2 N–H and O–H groups in total. The van der Waals surface area contributed by atoms with Crippen molar-refractivity contribution in [3.05, 3.63) is 65.5 Å². The van der Waals surface area contributed by atoms with Crippen LogP contribution < -0.4 is 5.32 Å². The number of rotatable bonds is 6. The van der Waals surface area contributed by atoms with E-state index in [9.17, 15) is 9.90 Å². The number of pyridine rings is 1. The summed E-state index contributed by atoms with van der Waals surface area (Å²) in [4.78, 5) is 16.1. The van der Waals surface area contributed by atoms with E-state index in [4.69, 9.17) is 0 Å². The van der Waals surface area contributed by atoms with E-state index >= 15 is 0 Å². The molecule has 0 saturated carbocycles. The molecule has 1 rings (SSSR count). The maximum Gasteiger partial charge on any atom is 0.269 e. The minimum absolute atomic E-state index is 0.165. The highest BCUT2D eigenvalue weighted by atomic mass is 16.3. The Morgan fingerprint density at radius 1 is 1.40 bits per heavy atom. The summed E-state index contributed by atoms with van der Waals surface area (Å²) >= 11 is 0. The van der Waals surface area contributed by atoms with Gasteiger partial charge < -0.3 is 10.4 Å². The van der Waals surface area contributed by atoms with Crippen LogP contribution in [-0.2, 0) is 0 Å². The van der Waals surface area contributed by atoms with Gasteiger partial charge in [-0.15, -0.1) is 0 Å². The molecule has 0 radical (unpaired) electrons. The average Bonchev–Trinajstić information content (AvgIpc) is 2.57. The summed E-state index contributed by atoms with van der Waals surface area (Å²) < 4.78 is 0. The number of carbonyl (C=O) groups excluding carboxylic acids is 1. The Balaban J connectivity index is 2.81. The van der Waals surface area contributed by atoms with Gasteiger partial charge in [0, 0.05) is 23.9 Å². The van der Waals surface area contributed by atoms with E-state index in [0.29, 0.717) is 5.69 Å². The third kappa shape index (κ3) is 8.69. The molecule has 1 amide bonds. The van der Waals surface area contributed by atoms with E-state index in [2.05, 4.69) is 35.1 Å². The van der Waals surface area contributed by atoms with Gasteiger partial charge in [0.05, 0.1) is 5.60 Å². The van der Waals surface area contributed by atoms with Crippen molar-refractivity contribution in [2.75, 3.05) is 6.54 Å². The zero-order chi connectivity index (χ0) is 18.7. The molecule has 0 aliphatic heterocycles. The molecule has 0 bridgehead atoms. The Hall–Kier alpha value is -2.64. The van der Waals surface area contributed by atoms with Gasteiger partial charge in [0.1, 0.15) is 5.69 Å². The van der Waals surface area contributed by atoms with Crippen LogP contribution in [0.1, 0.15) is 50.2 Å². The first-order chi connectivity index (χ1) is 11.9. The molecule has 1 aromatic heterocycles. The maximum absolute atomic E-state index is 12.0. The minimum Gasteiger partial charge on any atom is -0.389 e. The van der Waals surface area contributed by atoms with Crippen LogP contribution in [0.25, 0.3) is 0 Å². The van der Waals surface area contributed by atoms with Crippen LogP contribution in [0, 0.1) is 11.8 Å². The van der Waals surface area contributed by atoms with Crippen molar-refractivity contribution in [1.29, 1.82) is 0 Å². The lowest BCUT2D eigenvalue weighted by Crippen LogP contribution is -2.38. The summed E-state index contributed by atoms with van der Waals surface area (Å²) in [6.45, 7) is 7.45. The molecule has 0 atom stereocenters. The number of allylic oxidation sites excluding steroid dienone is 6. The van der Waals surface area contributed by atoms with E-state index in [0.717, 1.165) is 17.6 Å². The monoisotopic (exact) mass is 338 g/mol. The highest BCUT2D eigenvalue weighted by Crippen LogP contribution is 2.03. The molecule has 132 valence electrons. The fraction of sp³-hybridized carbons (Fsp3) is 0.333. The molecule has 1 heterocycles. The summed E-state index contributed by atoms with van der Waals surface area (Å²) in [6.07, 6.45) is 12.4. The summed E-state index contributed by atoms with van der Waals surface area (Å²) in [6, 6.07) is 3.38. The predicted octanol–water partition coefficient (Wildman–Crippen LogP) is 3.40. The molecule has 0 aromatic carbocycles. The van der Waals surface area contributed by atoms with E-state index in [1.807, 2.05) is 31.2 Å². The fourth-order valence-electron chi connectivity index (χ4n) is 1.76. The number of hydrogen-bond donors (Lipinski definition) is 2. The van der Waals surface area contributed by atoms with Crippen molar-refractivity contribution in [2.45, 2.75) is 39.7 Å². The number of aliphatic hydroxyl groups is 1. The van der Waals surface area contributed by atoms with Gasteiger partial charge in [-0.1, -0.05) is 43.1 Å². The quantitative estimate of drug-likeness (QED) is 0.617. The van der Waals surface area contributed by atoms with Gasteiger partial charge in [-0.05, 0) is 45.4 Å². The van der Waals surface area contributed by atoms with Crippen LogP contribution in [0.2, 0.25) is 0 Å². The highest BCUT2D eigenvalue weighted by Gasteiger charge is 2.15. The number of hydrogen-bond acceptors (Lipinski definition) is 3. The molecule has 0 aliphatic rings. The molecule has 0 spiro atoms. The van der Waals surface area contributed by atoms with E-state index < -0.39 is 5.60 Å². The molecule has 0 unspecified atom stereocenters. The molecular weight excluding hydrogens is 312 g/mol. The van der Waals surface area contributed by atoms with Crippen LogP contribution in [-0.4, -0.2) is 28.1 Å². The predicted molar refractivity (Wildman–Crippen MR) is 102 cm³/mol. The lowest BCUT2D eigenvalue weighted by atomic mass is 10.1. The van der Waals surface area contributed by atoms with E-state index in [1.54, 1.807) is 32.2 Å². The standard InChI is InChI=1S/C21H26N2O2/c1-5-7-8-10-17(9-6-2)11-12-18-13-14-19(22-15-18)20(24)23-16-21(3,4)25/h6-10,13-15,25H,5,16H2,1-4H3,(H,23,24)/b8-7+,9-6-,17-10+. The van der Waals surface area contributed by atoms with Crippen molar-refractivity contribution in [3.8, 4) is 11.8 Å². The minimum atomic E-state index is -0.956. The van der Waals surface area contributed by atoms with Gasteiger partial charge in [-0.25, -0.2) is 4.98 Å². The number of carbonyl (C=O) groups is 1. The third-order valence-corrected chi connectivity index (χ3v) is 3.02. The normalized spacial score (nSPS) is 12.3. The van der Waals surface area contributed by atoms with E-state index in [-0.39, 0.29) is 12.5 Å². The van der Waals surface area contributed by atoms with Gasteiger partial charge in [0.25, 0.3) is 5.91 Å². The lowest BCUT2D eigenvalue weighted by Gasteiger charge is -2.17. The third-order valence-electron chi connectivity index (χ3n) is 3.02. The first kappa shape index (κ1) is 20.4. The second kappa shape index (κ2) is 10.3. The van der Waals surface area contributed by atoms with Crippen molar-refractivity contribution >= 4 is 5.91 Å². The van der Waals surface area contributed by atoms with Crippen molar-refractivity contribution in [3.63, 3.8) is 0 Å². The number of nitrogens with zero attached hydrogens (tertiary/aromatic N) is 1. The van der Waals surface area contributed by atoms with Gasteiger partial charge in [-0.3, -0.25) is 4.79 Å². The van der Waals surface area contributed by atoms with Gasteiger partial charge in [0.2, 0.25) is 0 Å². The summed E-state index contributed by atoms with van der Waals surface area (Å²) in [5.74, 6) is 5.81. The van der Waals surface area contributed by atoms with E-state index in [1.165, 1.54) is 0 Å². The zero-order valence-corrected chi connectivity index (χ0v) is 15.3. The maximum atomic E-state index is 12.0. The summed E-state index contributed by atoms with van der Waals surface area (Å²) in [7, 11) is 0. The SMILES string of the molecule is C\C=C/C(C#Cc1ccc(C(=O)NCC(C)(C)O)nc1)=C\C=C\CC. The van der Waals surface area contributed by atoms with Crippen LogP contribution >= 0.6 is 0 Å². The first-order valence-corrected chi connectivity index (χ1v) is 8.34. The van der Waals surface area contributed by atoms with Gasteiger partial charge in [0.15, 0.2) is 0 Å². The average molecular weight is 338 g/mol. The highest BCUT2D eigenvalue weighted by molar-refractivity contribution is 5.92. The molecule has 0 aliphatic carbocycles. The molecule has 4 nitrogen and oxygen atoms in total. The first-order valence-electron chi connectivity index (χ1n) is 8.34. The Kier molecular flexibility index (Phi) is 8.38. The fourth-order valence-corrected chi connectivity index (χ4v) is 1.76. The Bertz CT molecular complexity index is 709. The van der Waals surface area contributed by atoms with Crippen LogP contribution in [0.15, 0.2) is 54.3 Å². The Labute approximate surface area is 150 Å². The molecule has 1 aromatic rings. The second-order valence-electron chi connectivity index (χ2n) is 6.14. The van der Waals surface area contributed by atoms with Gasteiger partial charge >= 0.3 is 0 Å². The van der Waals surface area contributed by atoms with Crippen LogP contribution in [0.3, 0.4) is 0 Å². The Morgan fingerprint density at radius 3 is 2.72 bits per heavy atom. The Morgan fingerprint density at radius 2 is 2.16 bits per heavy atom. The van der Waals surface area contributed by atoms with Crippen LogP contribution in [0.5, 0.6) is 0 Å². The molecule has 0 fully saturated rings. The molecule has 25 heavy (non-hydrogen) atoms. The van der Waals surface area contributed by atoms with Crippen molar-refractivity contribution in [1.82, 2.24) is 10.3 Å². The smallest absolute Gasteiger partial charge is 0.269 e. The second-order valence-corrected chi connectivity index (χ2v) is 6.14. The molecule has 4 heteroatoms. The molecular formula is C21H26N2O2. The zero-order valence-electron chi connectivity index (χ0n) is 15.3. The summed E-state index contributed by atoms with van der Waals surface area (Å²) in [5.41, 5.74) is 0.973. The van der Waals surface area contributed by atoms with Crippen LogP contribution in [0.4, 0.5) is 0 Å². The largest absolute Gasteiger partial charge is 0.389 e. The number of amides is 1. The van der Waals surface area contributed by atoms with Crippen molar-refractivity contribution < 1.29 is 9.90 Å². The molecule has 0 saturated heterocycles. The van der Waals surface area contributed by atoms with Gasteiger partial charge in [-0.2, -0.15) is 0 Å². The summed E-state index contributed by atoms with van der Waals surface area (Å²) in [5, 5.41) is 12.3.